The molecule has 0 bridgehead atoms. The van der Waals surface area contributed by atoms with E-state index < -0.39 is 6.04 Å². The lowest BCUT2D eigenvalue weighted by molar-refractivity contribution is -0.122. The van der Waals surface area contributed by atoms with Crippen molar-refractivity contribution in [1.29, 1.82) is 0 Å². The number of rotatable bonds is 8. The van der Waals surface area contributed by atoms with E-state index in [0.717, 1.165) is 30.0 Å². The number of nitrogens with one attached hydrogen (secondary N) is 2. The molecule has 2 amide bonds. The summed E-state index contributed by atoms with van der Waals surface area (Å²) in [5.74, 6) is 0.392. The Morgan fingerprint density at radius 1 is 1.06 bits per heavy atom. The van der Waals surface area contributed by atoms with Crippen LogP contribution in [0.25, 0.3) is 0 Å². The zero-order valence-corrected chi connectivity index (χ0v) is 18.7. The van der Waals surface area contributed by atoms with Crippen molar-refractivity contribution >= 4 is 11.8 Å². The Morgan fingerprint density at radius 3 is 2.42 bits per heavy atom. The molecule has 2 aromatic carbocycles. The van der Waals surface area contributed by atoms with E-state index in [-0.39, 0.29) is 17.9 Å². The number of ether oxygens (including phenoxy) is 1. The highest BCUT2D eigenvalue weighted by atomic mass is 16.5. The highest BCUT2D eigenvalue weighted by Crippen LogP contribution is 2.26. The summed E-state index contributed by atoms with van der Waals surface area (Å²) in [6.45, 7) is 6.19. The van der Waals surface area contributed by atoms with Crippen LogP contribution in [0.15, 0.2) is 48.5 Å². The molecule has 1 heterocycles. The summed E-state index contributed by atoms with van der Waals surface area (Å²) in [5, 5.41) is 5.85. The van der Waals surface area contributed by atoms with Crippen LogP contribution >= 0.6 is 0 Å². The van der Waals surface area contributed by atoms with Gasteiger partial charge in [-0.15, -0.1) is 0 Å². The lowest BCUT2D eigenvalue weighted by Crippen LogP contribution is -2.47. The van der Waals surface area contributed by atoms with Gasteiger partial charge >= 0.3 is 0 Å². The number of carbonyl (C=O) groups excluding carboxylic acids is 2. The number of benzene rings is 2. The number of methoxy groups -OCH3 is 1. The van der Waals surface area contributed by atoms with E-state index in [4.69, 9.17) is 4.74 Å². The molecule has 1 saturated heterocycles. The van der Waals surface area contributed by atoms with Crippen molar-refractivity contribution in [1.82, 2.24) is 15.5 Å². The third kappa shape index (κ3) is 6.31. The molecule has 6 nitrogen and oxygen atoms in total. The van der Waals surface area contributed by atoms with Crippen molar-refractivity contribution in [3.05, 3.63) is 65.2 Å². The second-order valence-corrected chi connectivity index (χ2v) is 8.20. The molecule has 2 aromatic rings. The summed E-state index contributed by atoms with van der Waals surface area (Å²) >= 11 is 0. The van der Waals surface area contributed by atoms with Gasteiger partial charge in [0.25, 0.3) is 5.91 Å². The molecule has 2 unspecified atom stereocenters. The molecule has 2 N–H and O–H groups in total. The number of nitrogens with zero attached hydrogens (tertiary/aromatic N) is 1. The number of aryl methyl sites for hydroxylation is 1. The fourth-order valence-electron chi connectivity index (χ4n) is 4.00. The SMILES string of the molecule is COc1ccc(C(CNC(=O)C(C)NC(=O)c2cccc(C)c2)N2CCCCC2)cc1. The molecule has 1 aliphatic rings. The van der Waals surface area contributed by atoms with Crippen LogP contribution in [0, 0.1) is 6.92 Å². The van der Waals surface area contributed by atoms with Crippen LogP contribution < -0.4 is 15.4 Å². The first kappa shape index (κ1) is 22.8. The van der Waals surface area contributed by atoms with Gasteiger partial charge in [-0.3, -0.25) is 14.5 Å². The standard InChI is InChI=1S/C25H33N3O3/c1-18-8-7-9-21(16-18)25(30)27-19(2)24(29)26-17-23(28-14-5-4-6-15-28)20-10-12-22(31-3)13-11-20/h7-13,16,19,23H,4-6,14-15,17H2,1-3H3,(H,26,29)(H,27,30). The van der Waals surface area contributed by atoms with Gasteiger partial charge in [0.15, 0.2) is 0 Å². The van der Waals surface area contributed by atoms with Gasteiger partial charge < -0.3 is 15.4 Å². The second kappa shape index (κ2) is 11.0. The maximum Gasteiger partial charge on any atom is 0.251 e. The van der Waals surface area contributed by atoms with Crippen molar-refractivity contribution in [2.24, 2.45) is 0 Å². The Bertz CT molecular complexity index is 876. The molecule has 6 heteroatoms. The van der Waals surface area contributed by atoms with Gasteiger partial charge in [0.2, 0.25) is 5.91 Å². The van der Waals surface area contributed by atoms with Gasteiger partial charge in [-0.05, 0) is 69.6 Å². The van der Waals surface area contributed by atoms with Crippen molar-refractivity contribution in [3.8, 4) is 5.75 Å². The topological polar surface area (TPSA) is 70.7 Å². The predicted octanol–water partition coefficient (Wildman–Crippen LogP) is 3.47. The fraction of sp³-hybridized carbons (Fsp3) is 0.440. The van der Waals surface area contributed by atoms with E-state index in [2.05, 4.69) is 27.7 Å². The third-order valence-electron chi connectivity index (χ3n) is 5.82. The van der Waals surface area contributed by atoms with Gasteiger partial charge in [0.1, 0.15) is 11.8 Å². The highest BCUT2D eigenvalue weighted by molar-refractivity contribution is 5.97. The molecule has 0 radical (unpaired) electrons. The Hall–Kier alpha value is -2.86. The molecule has 0 aliphatic carbocycles. The van der Waals surface area contributed by atoms with Crippen LogP contribution in [0.4, 0.5) is 0 Å². The van der Waals surface area contributed by atoms with Crippen LogP contribution in [0.2, 0.25) is 0 Å². The fourth-order valence-corrected chi connectivity index (χ4v) is 4.00. The summed E-state index contributed by atoms with van der Waals surface area (Å²) in [7, 11) is 1.66. The minimum atomic E-state index is -0.620. The molecule has 1 fully saturated rings. The van der Waals surface area contributed by atoms with E-state index in [1.807, 2.05) is 37.3 Å². The number of hydrogen-bond acceptors (Lipinski definition) is 4. The molecule has 166 valence electrons. The van der Waals surface area contributed by atoms with Gasteiger partial charge in [-0.1, -0.05) is 36.2 Å². The minimum absolute atomic E-state index is 0.0924. The number of carbonyl (C=O) groups is 2. The molecular formula is C25H33N3O3. The van der Waals surface area contributed by atoms with E-state index in [1.54, 1.807) is 20.1 Å². The van der Waals surface area contributed by atoms with Crippen molar-refractivity contribution in [2.45, 2.75) is 45.2 Å². The third-order valence-corrected chi connectivity index (χ3v) is 5.82. The van der Waals surface area contributed by atoms with Crippen LogP contribution in [0.5, 0.6) is 5.75 Å². The zero-order chi connectivity index (χ0) is 22.2. The van der Waals surface area contributed by atoms with Crippen molar-refractivity contribution < 1.29 is 14.3 Å². The smallest absolute Gasteiger partial charge is 0.251 e. The lowest BCUT2D eigenvalue weighted by atomic mass is 10.0. The molecule has 0 saturated carbocycles. The Kier molecular flexibility index (Phi) is 8.06. The number of amides is 2. The van der Waals surface area contributed by atoms with Crippen LogP contribution in [-0.4, -0.2) is 49.5 Å². The molecule has 3 rings (SSSR count). The summed E-state index contributed by atoms with van der Waals surface area (Å²) in [6.07, 6.45) is 3.59. The molecule has 0 spiro atoms. The van der Waals surface area contributed by atoms with Gasteiger partial charge in [-0.25, -0.2) is 0 Å². The Labute approximate surface area is 185 Å². The molecule has 31 heavy (non-hydrogen) atoms. The first-order valence-corrected chi connectivity index (χ1v) is 11.0. The summed E-state index contributed by atoms with van der Waals surface area (Å²) in [6, 6.07) is 14.9. The maximum absolute atomic E-state index is 12.7. The Balaban J connectivity index is 1.62. The normalized spacial score (nSPS) is 16.2. The summed E-state index contributed by atoms with van der Waals surface area (Å²) in [5.41, 5.74) is 2.72. The molecular weight excluding hydrogens is 390 g/mol. The first-order valence-electron chi connectivity index (χ1n) is 11.0. The second-order valence-electron chi connectivity index (χ2n) is 8.20. The average Bonchev–Trinajstić information content (AvgIpc) is 2.80. The van der Waals surface area contributed by atoms with Gasteiger partial charge in [-0.2, -0.15) is 0 Å². The zero-order valence-electron chi connectivity index (χ0n) is 18.7. The quantitative estimate of drug-likeness (QED) is 0.682. The number of piperidine rings is 1. The Morgan fingerprint density at radius 2 is 1.77 bits per heavy atom. The van der Waals surface area contributed by atoms with Crippen molar-refractivity contribution in [2.75, 3.05) is 26.7 Å². The van der Waals surface area contributed by atoms with E-state index in [1.165, 1.54) is 19.3 Å². The first-order chi connectivity index (χ1) is 15.0. The van der Waals surface area contributed by atoms with E-state index in [0.29, 0.717) is 12.1 Å². The number of likely N-dealkylation sites (tertiary alicyclic amines) is 1. The van der Waals surface area contributed by atoms with E-state index >= 15 is 0 Å². The molecule has 2 atom stereocenters. The largest absolute Gasteiger partial charge is 0.497 e. The summed E-state index contributed by atoms with van der Waals surface area (Å²) in [4.78, 5) is 27.6. The minimum Gasteiger partial charge on any atom is -0.497 e. The average molecular weight is 424 g/mol. The highest BCUT2D eigenvalue weighted by Gasteiger charge is 2.24. The number of hydrogen-bond donors (Lipinski definition) is 2. The lowest BCUT2D eigenvalue weighted by Gasteiger charge is -2.35. The van der Waals surface area contributed by atoms with E-state index in [9.17, 15) is 9.59 Å². The van der Waals surface area contributed by atoms with Gasteiger partial charge in [0.05, 0.1) is 13.2 Å². The van der Waals surface area contributed by atoms with Gasteiger partial charge in [0, 0.05) is 12.1 Å². The van der Waals surface area contributed by atoms with Crippen molar-refractivity contribution in [3.63, 3.8) is 0 Å². The maximum atomic E-state index is 12.7. The van der Waals surface area contributed by atoms with Crippen LogP contribution in [0.1, 0.15) is 53.7 Å². The van der Waals surface area contributed by atoms with Crippen LogP contribution in [-0.2, 0) is 4.79 Å². The molecule has 1 aliphatic heterocycles. The monoisotopic (exact) mass is 423 g/mol. The summed E-state index contributed by atoms with van der Waals surface area (Å²) < 4.78 is 5.28. The predicted molar refractivity (Wildman–Crippen MR) is 122 cm³/mol. The molecule has 0 aromatic heterocycles. The van der Waals surface area contributed by atoms with Crippen LogP contribution in [0.3, 0.4) is 0 Å².